The van der Waals surface area contributed by atoms with Crippen molar-refractivity contribution in [2.24, 2.45) is 0 Å². The average molecular weight is 405 g/mol. The van der Waals surface area contributed by atoms with Gasteiger partial charge in [-0.1, -0.05) is 60.7 Å². The maximum Gasteiger partial charge on any atom is 0.264 e. The predicted octanol–water partition coefficient (Wildman–Crippen LogP) is 4.90. The zero-order valence-corrected chi connectivity index (χ0v) is 17.2. The van der Waals surface area contributed by atoms with Crippen LogP contribution in [0, 0.1) is 0 Å². The summed E-state index contributed by atoms with van der Waals surface area (Å²) in [6, 6.07) is 21.7. The Bertz CT molecular complexity index is 968. The monoisotopic (exact) mass is 404 g/mol. The Hall–Kier alpha value is -2.92. The molecule has 0 radical (unpaired) electrons. The molecule has 1 aromatic heterocycles. The molecule has 2 amide bonds. The van der Waals surface area contributed by atoms with Gasteiger partial charge in [0.2, 0.25) is 5.91 Å². The van der Waals surface area contributed by atoms with Crippen LogP contribution in [0.4, 0.5) is 0 Å². The number of carbonyl (C=O) groups is 2. The fourth-order valence-electron chi connectivity index (χ4n) is 3.81. The van der Waals surface area contributed by atoms with E-state index in [-0.39, 0.29) is 17.9 Å². The molecule has 0 aliphatic carbocycles. The molecule has 1 aliphatic rings. The number of amides is 2. The summed E-state index contributed by atoms with van der Waals surface area (Å²) in [7, 11) is 0. The van der Waals surface area contributed by atoms with Gasteiger partial charge < -0.3 is 10.2 Å². The van der Waals surface area contributed by atoms with Crippen LogP contribution < -0.4 is 5.32 Å². The van der Waals surface area contributed by atoms with Gasteiger partial charge in [0.05, 0.1) is 10.9 Å². The minimum Gasteiger partial charge on any atom is -0.348 e. The Morgan fingerprint density at radius 1 is 1.00 bits per heavy atom. The molecule has 1 saturated heterocycles. The van der Waals surface area contributed by atoms with Crippen molar-refractivity contribution < 1.29 is 9.59 Å². The summed E-state index contributed by atoms with van der Waals surface area (Å²) in [6.45, 7) is 2.62. The Labute approximate surface area is 175 Å². The topological polar surface area (TPSA) is 49.4 Å². The summed E-state index contributed by atoms with van der Waals surface area (Å²) in [5.41, 5.74) is 3.37. The van der Waals surface area contributed by atoms with Crippen LogP contribution in [0.25, 0.3) is 11.1 Å². The quantitative estimate of drug-likeness (QED) is 0.658. The highest BCUT2D eigenvalue weighted by molar-refractivity contribution is 7.12. The van der Waals surface area contributed by atoms with E-state index in [1.807, 2.05) is 42.6 Å². The van der Waals surface area contributed by atoms with E-state index in [9.17, 15) is 9.59 Å². The summed E-state index contributed by atoms with van der Waals surface area (Å²) in [5.74, 6) is -0.121. The molecule has 0 saturated carbocycles. The molecule has 2 heterocycles. The number of carbonyl (C=O) groups excluding carboxylic acids is 2. The Morgan fingerprint density at radius 3 is 2.41 bits per heavy atom. The molecule has 4 rings (SSSR count). The van der Waals surface area contributed by atoms with Crippen LogP contribution in [0.1, 0.15) is 41.0 Å². The molecule has 148 valence electrons. The first kappa shape index (κ1) is 19.4. The fraction of sp³-hybridized carbons (Fsp3) is 0.250. The molecule has 1 aliphatic heterocycles. The van der Waals surface area contributed by atoms with Gasteiger partial charge >= 0.3 is 0 Å². The lowest BCUT2D eigenvalue weighted by atomic mass is 10.0. The first-order valence-corrected chi connectivity index (χ1v) is 10.8. The molecule has 2 aromatic carbocycles. The second-order valence-corrected chi connectivity index (χ2v) is 8.30. The van der Waals surface area contributed by atoms with Gasteiger partial charge in [-0.2, -0.15) is 0 Å². The van der Waals surface area contributed by atoms with E-state index in [1.54, 1.807) is 4.90 Å². The minimum atomic E-state index is -0.393. The molecule has 0 bridgehead atoms. The van der Waals surface area contributed by atoms with Gasteiger partial charge in [-0.15, -0.1) is 11.3 Å². The van der Waals surface area contributed by atoms with Crippen LogP contribution >= 0.6 is 11.3 Å². The highest BCUT2D eigenvalue weighted by Gasteiger charge is 2.35. The number of likely N-dealkylation sites (tertiary alicyclic amines) is 1. The van der Waals surface area contributed by atoms with Crippen LogP contribution in [-0.2, 0) is 4.79 Å². The second-order valence-electron chi connectivity index (χ2n) is 7.35. The van der Waals surface area contributed by atoms with E-state index >= 15 is 0 Å². The van der Waals surface area contributed by atoms with E-state index in [4.69, 9.17) is 0 Å². The molecule has 2 atom stereocenters. The third kappa shape index (κ3) is 4.25. The molecule has 3 aromatic rings. The molecule has 1 fully saturated rings. The van der Waals surface area contributed by atoms with Gasteiger partial charge in [-0.25, -0.2) is 0 Å². The minimum absolute atomic E-state index is 0.0440. The molecule has 0 spiro atoms. The van der Waals surface area contributed by atoms with E-state index in [1.165, 1.54) is 16.9 Å². The molecule has 1 N–H and O–H groups in total. The van der Waals surface area contributed by atoms with Gasteiger partial charge in [0, 0.05) is 6.54 Å². The number of thiophene rings is 1. The lowest BCUT2D eigenvalue weighted by molar-refractivity contribution is -0.125. The van der Waals surface area contributed by atoms with E-state index in [2.05, 4.69) is 41.7 Å². The first-order chi connectivity index (χ1) is 14.1. The highest BCUT2D eigenvalue weighted by Crippen LogP contribution is 2.25. The lowest BCUT2D eigenvalue weighted by Gasteiger charge is -2.25. The molecular weight excluding hydrogens is 380 g/mol. The van der Waals surface area contributed by atoms with E-state index in [0.717, 1.165) is 17.5 Å². The summed E-state index contributed by atoms with van der Waals surface area (Å²) < 4.78 is 0. The summed E-state index contributed by atoms with van der Waals surface area (Å²) >= 11 is 1.42. The molecule has 0 unspecified atom stereocenters. The smallest absolute Gasteiger partial charge is 0.264 e. The molecule has 29 heavy (non-hydrogen) atoms. The average Bonchev–Trinajstić information content (AvgIpc) is 3.46. The van der Waals surface area contributed by atoms with Gasteiger partial charge in [-0.05, 0) is 47.9 Å². The number of nitrogens with one attached hydrogen (secondary N) is 1. The Morgan fingerprint density at radius 2 is 1.72 bits per heavy atom. The second kappa shape index (κ2) is 8.62. The van der Waals surface area contributed by atoms with Crippen molar-refractivity contribution in [3.63, 3.8) is 0 Å². The van der Waals surface area contributed by atoms with Crippen LogP contribution in [0.3, 0.4) is 0 Å². The molecule has 5 heteroatoms. The van der Waals surface area contributed by atoms with Crippen molar-refractivity contribution in [3.8, 4) is 11.1 Å². The third-order valence-corrected chi connectivity index (χ3v) is 6.28. The zero-order valence-electron chi connectivity index (χ0n) is 16.4. The number of benzene rings is 2. The number of nitrogens with zero attached hydrogens (tertiary/aromatic N) is 1. The van der Waals surface area contributed by atoms with Crippen LogP contribution in [0.5, 0.6) is 0 Å². The van der Waals surface area contributed by atoms with Crippen molar-refractivity contribution >= 4 is 23.2 Å². The van der Waals surface area contributed by atoms with Gasteiger partial charge in [-0.3, -0.25) is 9.59 Å². The van der Waals surface area contributed by atoms with Crippen LogP contribution in [0.2, 0.25) is 0 Å². The Kier molecular flexibility index (Phi) is 5.76. The van der Waals surface area contributed by atoms with E-state index < -0.39 is 6.04 Å². The highest BCUT2D eigenvalue weighted by atomic mass is 32.1. The Balaban J connectivity index is 1.42. The number of rotatable bonds is 5. The summed E-state index contributed by atoms with van der Waals surface area (Å²) in [6.07, 6.45) is 1.57. The fourth-order valence-corrected chi connectivity index (χ4v) is 4.49. The van der Waals surface area contributed by atoms with Crippen molar-refractivity contribution in [1.29, 1.82) is 0 Å². The lowest BCUT2D eigenvalue weighted by Crippen LogP contribution is -2.46. The van der Waals surface area contributed by atoms with Gasteiger partial charge in [0.25, 0.3) is 5.91 Å². The number of hydrogen-bond donors (Lipinski definition) is 1. The first-order valence-electron chi connectivity index (χ1n) is 9.94. The SMILES string of the molecule is C[C@@H](NC(=O)[C@H]1CCCN1C(=O)c1cccs1)c1ccc(-c2ccccc2)cc1. The van der Waals surface area contributed by atoms with Crippen molar-refractivity contribution in [2.45, 2.75) is 31.8 Å². The standard InChI is InChI=1S/C24H24N2O2S/c1-17(18-11-13-20(14-12-18)19-7-3-2-4-8-19)25-23(27)21-9-5-15-26(21)24(28)22-10-6-16-29-22/h2-4,6-8,10-14,16-17,21H,5,9,15H2,1H3,(H,25,27)/t17-,21-/m1/s1. The van der Waals surface area contributed by atoms with Crippen molar-refractivity contribution in [2.75, 3.05) is 6.54 Å². The third-order valence-electron chi connectivity index (χ3n) is 5.42. The normalized spacial score (nSPS) is 17.1. The summed E-state index contributed by atoms with van der Waals surface area (Å²) in [4.78, 5) is 28.0. The van der Waals surface area contributed by atoms with Crippen molar-refractivity contribution in [1.82, 2.24) is 10.2 Å². The number of hydrogen-bond acceptors (Lipinski definition) is 3. The van der Waals surface area contributed by atoms with Crippen molar-refractivity contribution in [3.05, 3.63) is 82.6 Å². The van der Waals surface area contributed by atoms with Gasteiger partial charge in [0.15, 0.2) is 0 Å². The zero-order chi connectivity index (χ0) is 20.2. The molecule has 4 nitrogen and oxygen atoms in total. The molecular formula is C24H24N2O2S. The van der Waals surface area contributed by atoms with Crippen LogP contribution in [-0.4, -0.2) is 29.3 Å². The van der Waals surface area contributed by atoms with Crippen LogP contribution in [0.15, 0.2) is 72.1 Å². The largest absolute Gasteiger partial charge is 0.348 e. The predicted molar refractivity (Wildman–Crippen MR) is 117 cm³/mol. The van der Waals surface area contributed by atoms with E-state index in [0.29, 0.717) is 17.8 Å². The summed E-state index contributed by atoms with van der Waals surface area (Å²) in [5, 5.41) is 4.99. The maximum absolute atomic E-state index is 12.9. The van der Waals surface area contributed by atoms with Gasteiger partial charge in [0.1, 0.15) is 6.04 Å². The maximum atomic E-state index is 12.9.